The molecular formula is C32H35F3N2O2. The van der Waals surface area contributed by atoms with Crippen molar-refractivity contribution in [3.8, 4) is 11.5 Å². The number of rotatable bonds is 8. The van der Waals surface area contributed by atoms with Crippen molar-refractivity contribution in [3.05, 3.63) is 95.6 Å². The number of nitrogens with one attached hydrogen (secondary N) is 2. The lowest BCUT2D eigenvalue weighted by Crippen LogP contribution is -2.63. The lowest BCUT2D eigenvalue weighted by Gasteiger charge is -2.49. The molecular weight excluding hydrogens is 501 g/mol. The van der Waals surface area contributed by atoms with Gasteiger partial charge in [0.1, 0.15) is 11.5 Å². The Balaban J connectivity index is 1.36. The van der Waals surface area contributed by atoms with Crippen LogP contribution in [0.5, 0.6) is 11.5 Å². The molecule has 1 aliphatic heterocycles. The number of piperidine rings is 1. The molecule has 6 unspecified atom stereocenters. The highest BCUT2D eigenvalue weighted by molar-refractivity contribution is 5.41. The maximum absolute atomic E-state index is 13.0. The Kier molecular flexibility index (Phi) is 7.29. The maximum atomic E-state index is 13.0. The molecule has 0 radical (unpaired) electrons. The Labute approximate surface area is 227 Å². The first-order chi connectivity index (χ1) is 18.9. The fraction of sp³-hybridized carbons (Fsp3) is 0.438. The van der Waals surface area contributed by atoms with Crippen molar-refractivity contribution in [2.75, 3.05) is 7.11 Å². The Morgan fingerprint density at radius 2 is 1.64 bits per heavy atom. The van der Waals surface area contributed by atoms with Gasteiger partial charge >= 0.3 is 6.36 Å². The summed E-state index contributed by atoms with van der Waals surface area (Å²) in [4.78, 5) is 0. The van der Waals surface area contributed by atoms with Crippen LogP contribution in [0.2, 0.25) is 0 Å². The summed E-state index contributed by atoms with van der Waals surface area (Å²) in [6.07, 6.45) is 0.186. The molecule has 0 aromatic heterocycles. The number of methoxy groups -OCH3 is 1. The first-order valence-corrected chi connectivity index (χ1v) is 13.9. The summed E-state index contributed by atoms with van der Waals surface area (Å²) in [6, 6.07) is 26.3. The van der Waals surface area contributed by atoms with Crippen LogP contribution in [0.1, 0.15) is 48.3 Å². The molecule has 1 saturated heterocycles. The lowest BCUT2D eigenvalue weighted by molar-refractivity contribution is -0.274. The molecule has 39 heavy (non-hydrogen) atoms. The van der Waals surface area contributed by atoms with Crippen molar-refractivity contribution in [2.24, 2.45) is 17.8 Å². The van der Waals surface area contributed by atoms with Crippen molar-refractivity contribution in [1.82, 2.24) is 10.6 Å². The molecule has 7 heteroatoms. The van der Waals surface area contributed by atoms with Gasteiger partial charge in [-0.05, 0) is 59.9 Å². The molecule has 0 spiro atoms. The van der Waals surface area contributed by atoms with Crippen molar-refractivity contribution < 1.29 is 22.6 Å². The van der Waals surface area contributed by atoms with Gasteiger partial charge in [-0.2, -0.15) is 0 Å². The molecule has 3 aromatic rings. The van der Waals surface area contributed by atoms with Crippen molar-refractivity contribution in [1.29, 1.82) is 0 Å². The molecule has 3 aromatic carbocycles. The number of benzene rings is 3. The third-order valence-electron chi connectivity index (χ3n) is 9.12. The zero-order chi connectivity index (χ0) is 27.0. The lowest BCUT2D eigenvalue weighted by atomic mass is 9.66. The van der Waals surface area contributed by atoms with Crippen LogP contribution in [-0.4, -0.2) is 31.6 Å². The minimum Gasteiger partial charge on any atom is -0.496 e. The van der Waals surface area contributed by atoms with Crippen LogP contribution in [0, 0.1) is 17.8 Å². The molecule has 1 heterocycles. The summed E-state index contributed by atoms with van der Waals surface area (Å²) >= 11 is 0. The average molecular weight is 537 g/mol. The number of ether oxygens (including phenoxy) is 2. The van der Waals surface area contributed by atoms with E-state index >= 15 is 0 Å². The fourth-order valence-corrected chi connectivity index (χ4v) is 7.75. The van der Waals surface area contributed by atoms with Gasteiger partial charge in [0.05, 0.1) is 7.11 Å². The Morgan fingerprint density at radius 1 is 0.949 bits per heavy atom. The van der Waals surface area contributed by atoms with Crippen molar-refractivity contribution in [3.63, 3.8) is 0 Å². The second-order valence-electron chi connectivity index (χ2n) is 11.2. The van der Waals surface area contributed by atoms with E-state index in [1.807, 2.05) is 12.1 Å². The van der Waals surface area contributed by atoms with Crippen LogP contribution < -0.4 is 20.1 Å². The topological polar surface area (TPSA) is 42.5 Å². The number of halogens is 3. The highest BCUT2D eigenvalue weighted by Gasteiger charge is 2.55. The van der Waals surface area contributed by atoms with Gasteiger partial charge in [-0.3, -0.25) is 0 Å². The molecule has 3 aliphatic rings. The zero-order valence-corrected chi connectivity index (χ0v) is 22.0. The Morgan fingerprint density at radius 3 is 2.28 bits per heavy atom. The molecule has 2 aliphatic carbocycles. The van der Waals surface area contributed by atoms with Crippen LogP contribution in [0.4, 0.5) is 13.2 Å². The van der Waals surface area contributed by atoms with Gasteiger partial charge in [0.15, 0.2) is 0 Å². The monoisotopic (exact) mass is 536 g/mol. The molecule has 3 fully saturated rings. The Bertz CT molecular complexity index is 1210. The highest BCUT2D eigenvalue weighted by Crippen LogP contribution is 2.53. The van der Waals surface area contributed by atoms with Crippen molar-refractivity contribution >= 4 is 0 Å². The first-order valence-electron chi connectivity index (χ1n) is 13.9. The molecule has 4 bridgehead atoms. The third-order valence-corrected chi connectivity index (χ3v) is 9.12. The molecule has 6 atom stereocenters. The molecule has 206 valence electrons. The normalized spacial score (nSPS) is 27.9. The smallest absolute Gasteiger partial charge is 0.496 e. The second-order valence-corrected chi connectivity index (χ2v) is 11.2. The molecule has 2 saturated carbocycles. The van der Waals surface area contributed by atoms with E-state index in [2.05, 4.69) is 63.9 Å². The van der Waals surface area contributed by atoms with Gasteiger partial charge in [-0.25, -0.2) is 0 Å². The number of hydrogen-bond acceptors (Lipinski definition) is 4. The second kappa shape index (κ2) is 10.9. The first kappa shape index (κ1) is 26.2. The summed E-state index contributed by atoms with van der Waals surface area (Å²) in [6.45, 7) is 0.387. The Hall–Kier alpha value is -3.03. The van der Waals surface area contributed by atoms with Gasteiger partial charge in [-0.1, -0.05) is 73.5 Å². The predicted molar refractivity (Wildman–Crippen MR) is 145 cm³/mol. The summed E-state index contributed by atoms with van der Waals surface area (Å²) in [5.41, 5.74) is 3.18. The SMILES string of the molecule is COc1ccc(OC(F)(F)F)cc1CNC1C(C(c2ccccc2)c2ccccc2)NC2CC3CCCC2C31. The van der Waals surface area contributed by atoms with Gasteiger partial charge < -0.3 is 20.1 Å². The van der Waals surface area contributed by atoms with Crippen LogP contribution in [0.25, 0.3) is 0 Å². The summed E-state index contributed by atoms with van der Waals surface area (Å²) in [7, 11) is 1.54. The van der Waals surface area contributed by atoms with Crippen LogP contribution in [0.15, 0.2) is 78.9 Å². The minimum absolute atomic E-state index is 0.129. The van der Waals surface area contributed by atoms with Crippen LogP contribution in [0.3, 0.4) is 0 Å². The van der Waals surface area contributed by atoms with Gasteiger partial charge in [0.2, 0.25) is 0 Å². The quantitative estimate of drug-likeness (QED) is 0.338. The molecule has 0 amide bonds. The summed E-state index contributed by atoms with van der Waals surface area (Å²) in [5, 5.41) is 7.95. The van der Waals surface area contributed by atoms with E-state index in [1.165, 1.54) is 48.9 Å². The van der Waals surface area contributed by atoms with E-state index in [1.54, 1.807) is 13.2 Å². The maximum Gasteiger partial charge on any atom is 0.573 e. The van der Waals surface area contributed by atoms with E-state index in [0.717, 1.165) is 0 Å². The van der Waals surface area contributed by atoms with Gasteiger partial charge in [-0.15, -0.1) is 13.2 Å². The minimum atomic E-state index is -4.74. The number of hydrogen-bond donors (Lipinski definition) is 2. The molecule has 4 nitrogen and oxygen atoms in total. The van der Waals surface area contributed by atoms with Gasteiger partial charge in [0.25, 0.3) is 0 Å². The predicted octanol–water partition coefficient (Wildman–Crippen LogP) is 6.66. The van der Waals surface area contributed by atoms with Crippen LogP contribution in [-0.2, 0) is 6.54 Å². The average Bonchev–Trinajstić information content (AvgIpc) is 3.05. The fourth-order valence-electron chi connectivity index (χ4n) is 7.75. The largest absolute Gasteiger partial charge is 0.573 e. The molecule has 2 N–H and O–H groups in total. The van der Waals surface area contributed by atoms with E-state index < -0.39 is 6.36 Å². The van der Waals surface area contributed by atoms with E-state index in [-0.39, 0.29) is 23.8 Å². The summed E-state index contributed by atoms with van der Waals surface area (Å²) in [5.74, 6) is 2.23. The zero-order valence-electron chi connectivity index (χ0n) is 22.0. The van der Waals surface area contributed by atoms with E-state index in [9.17, 15) is 13.2 Å². The number of alkyl halides is 3. The molecule has 6 rings (SSSR count). The third kappa shape index (κ3) is 5.39. The van der Waals surface area contributed by atoms with E-state index in [4.69, 9.17) is 4.74 Å². The van der Waals surface area contributed by atoms with Crippen molar-refractivity contribution in [2.45, 2.75) is 62.6 Å². The summed E-state index contributed by atoms with van der Waals surface area (Å²) < 4.78 is 48.6. The van der Waals surface area contributed by atoms with Gasteiger partial charge in [0, 0.05) is 36.2 Å². The standard InChI is InChI=1S/C32H35F3N2O2/c1-38-27-16-15-24(39-32(33,34)35)17-23(27)19-36-30-29-22-13-8-14-25(29)26(18-22)37-31(30)28(20-9-4-2-5-10-20)21-11-6-3-7-12-21/h2-7,9-12,15-17,22,25-26,28-31,36-37H,8,13-14,18-19H2,1H3. The van der Waals surface area contributed by atoms with E-state index in [0.29, 0.717) is 41.7 Å². The van der Waals surface area contributed by atoms with Crippen LogP contribution >= 0.6 is 0 Å². The highest BCUT2D eigenvalue weighted by atomic mass is 19.4.